The molecule has 15 heavy (non-hydrogen) atoms. The van der Waals surface area contributed by atoms with Gasteiger partial charge in [-0.1, -0.05) is 12.1 Å². The lowest BCUT2D eigenvalue weighted by molar-refractivity contribution is 0.609. The maximum atomic E-state index is 11.0. The van der Waals surface area contributed by atoms with E-state index < -0.39 is 9.05 Å². The monoisotopic (exact) mass is 261 g/mol. The predicted octanol–water partition coefficient (Wildman–Crippen LogP) is 2.67. The van der Waals surface area contributed by atoms with Crippen molar-refractivity contribution in [2.24, 2.45) is 0 Å². The molecule has 1 heterocycles. The van der Waals surface area contributed by atoms with Gasteiger partial charge >= 0.3 is 0 Å². The van der Waals surface area contributed by atoms with Crippen molar-refractivity contribution < 1.29 is 8.42 Å². The summed E-state index contributed by atoms with van der Waals surface area (Å²) in [6.07, 6.45) is 0. The minimum absolute atomic E-state index is 0.145. The van der Waals surface area contributed by atoms with Crippen molar-refractivity contribution in [2.45, 2.75) is 12.7 Å². The number of aryl methyl sites for hydroxylation is 1. The first-order chi connectivity index (χ1) is 6.96. The third-order valence-electron chi connectivity index (χ3n) is 1.93. The second kappa shape index (κ2) is 3.73. The molecular weight excluding hydrogens is 254 g/mol. The van der Waals surface area contributed by atoms with E-state index in [0.29, 0.717) is 5.56 Å². The van der Waals surface area contributed by atoms with E-state index in [1.165, 1.54) is 11.3 Å². The molecule has 1 aromatic heterocycles. The number of fused-ring (bicyclic) bond motifs is 1. The molecule has 80 valence electrons. The van der Waals surface area contributed by atoms with Crippen LogP contribution in [0.1, 0.15) is 10.6 Å². The molecule has 0 amide bonds. The second-order valence-electron chi connectivity index (χ2n) is 3.18. The van der Waals surface area contributed by atoms with Crippen molar-refractivity contribution in [3.05, 3.63) is 28.8 Å². The minimum Gasteiger partial charge on any atom is -0.242 e. The lowest BCUT2D eigenvalue weighted by Crippen LogP contribution is -1.94. The summed E-state index contributed by atoms with van der Waals surface area (Å²) in [5.74, 6) is -0.145. The highest BCUT2D eigenvalue weighted by molar-refractivity contribution is 8.13. The molecule has 0 spiro atoms. The van der Waals surface area contributed by atoms with Gasteiger partial charge in [-0.05, 0) is 18.6 Å². The van der Waals surface area contributed by atoms with E-state index >= 15 is 0 Å². The van der Waals surface area contributed by atoms with Crippen LogP contribution >= 0.6 is 22.0 Å². The van der Waals surface area contributed by atoms with Gasteiger partial charge in [0, 0.05) is 10.7 Å². The van der Waals surface area contributed by atoms with E-state index in [0.717, 1.165) is 15.2 Å². The van der Waals surface area contributed by atoms with E-state index in [9.17, 15) is 8.42 Å². The van der Waals surface area contributed by atoms with Crippen molar-refractivity contribution in [1.29, 1.82) is 0 Å². The van der Waals surface area contributed by atoms with Crippen LogP contribution in [0.5, 0.6) is 0 Å². The largest absolute Gasteiger partial charge is 0.242 e. The van der Waals surface area contributed by atoms with Crippen molar-refractivity contribution in [1.82, 2.24) is 4.98 Å². The predicted molar refractivity (Wildman–Crippen MR) is 62.8 cm³/mol. The van der Waals surface area contributed by atoms with E-state index in [2.05, 4.69) is 4.98 Å². The second-order valence-corrected chi connectivity index (χ2v) is 7.16. The topological polar surface area (TPSA) is 47.0 Å². The molecule has 3 nitrogen and oxygen atoms in total. The van der Waals surface area contributed by atoms with E-state index in [1.54, 1.807) is 12.1 Å². The zero-order valence-electron chi connectivity index (χ0n) is 7.90. The van der Waals surface area contributed by atoms with Crippen molar-refractivity contribution in [3.8, 4) is 0 Å². The maximum absolute atomic E-state index is 11.0. The van der Waals surface area contributed by atoms with E-state index in [-0.39, 0.29) is 5.75 Å². The highest BCUT2D eigenvalue weighted by Crippen LogP contribution is 2.27. The maximum Gasteiger partial charge on any atom is 0.236 e. The molecule has 0 bridgehead atoms. The Morgan fingerprint density at radius 2 is 2.20 bits per heavy atom. The Balaban J connectivity index is 2.60. The fourth-order valence-electron chi connectivity index (χ4n) is 1.42. The highest BCUT2D eigenvalue weighted by atomic mass is 35.7. The first-order valence-corrected chi connectivity index (χ1v) is 7.52. The van der Waals surface area contributed by atoms with Gasteiger partial charge in [0.2, 0.25) is 9.05 Å². The average molecular weight is 262 g/mol. The SMILES string of the molecule is Cc1nc2cccc(CS(=O)(=O)Cl)c2s1. The van der Waals surface area contributed by atoms with Crippen molar-refractivity contribution in [3.63, 3.8) is 0 Å². The first kappa shape index (κ1) is 10.9. The fourth-order valence-corrected chi connectivity index (χ4v) is 3.40. The van der Waals surface area contributed by atoms with Gasteiger partial charge in [0.05, 0.1) is 21.0 Å². The summed E-state index contributed by atoms with van der Waals surface area (Å²) >= 11 is 1.49. The lowest BCUT2D eigenvalue weighted by Gasteiger charge is -1.98. The van der Waals surface area contributed by atoms with E-state index in [1.807, 2.05) is 13.0 Å². The number of thiazole rings is 1. The zero-order chi connectivity index (χ0) is 11.1. The summed E-state index contributed by atoms with van der Waals surface area (Å²) in [5, 5.41) is 0.921. The first-order valence-electron chi connectivity index (χ1n) is 4.23. The molecule has 6 heteroatoms. The van der Waals surface area contributed by atoms with Crippen LogP contribution in [-0.2, 0) is 14.8 Å². The summed E-state index contributed by atoms with van der Waals surface area (Å²) in [4.78, 5) is 4.28. The van der Waals surface area contributed by atoms with Crippen LogP contribution < -0.4 is 0 Å². The van der Waals surface area contributed by atoms with Crippen LogP contribution in [-0.4, -0.2) is 13.4 Å². The summed E-state index contributed by atoms with van der Waals surface area (Å²) in [5.41, 5.74) is 1.54. The Bertz CT molecular complexity index is 604. The molecule has 0 unspecified atom stereocenters. The minimum atomic E-state index is -3.51. The Labute approximate surface area is 96.1 Å². The van der Waals surface area contributed by atoms with Crippen LogP contribution in [0.3, 0.4) is 0 Å². The molecule has 0 aliphatic carbocycles. The van der Waals surface area contributed by atoms with Crippen LogP contribution in [0.15, 0.2) is 18.2 Å². The van der Waals surface area contributed by atoms with Crippen molar-refractivity contribution in [2.75, 3.05) is 0 Å². The quantitative estimate of drug-likeness (QED) is 0.781. The van der Waals surface area contributed by atoms with Gasteiger partial charge in [0.15, 0.2) is 0 Å². The Morgan fingerprint density at radius 3 is 2.87 bits per heavy atom. The van der Waals surface area contributed by atoms with Crippen LogP contribution in [0.4, 0.5) is 0 Å². The van der Waals surface area contributed by atoms with Crippen molar-refractivity contribution >= 4 is 41.3 Å². The van der Waals surface area contributed by atoms with E-state index in [4.69, 9.17) is 10.7 Å². The number of halogens is 1. The van der Waals surface area contributed by atoms with Crippen LogP contribution in [0.25, 0.3) is 10.2 Å². The van der Waals surface area contributed by atoms with Gasteiger partial charge in [-0.15, -0.1) is 11.3 Å². The summed E-state index contributed by atoms with van der Waals surface area (Å²) in [6, 6.07) is 5.42. The number of benzene rings is 1. The standard InChI is InChI=1S/C9H8ClNO2S2/c1-6-11-8-4-2-3-7(9(8)14-6)5-15(10,12)13/h2-4H,5H2,1H3. The van der Waals surface area contributed by atoms with Gasteiger partial charge in [0.25, 0.3) is 0 Å². The summed E-state index contributed by atoms with van der Waals surface area (Å²) in [7, 11) is 1.72. The number of hydrogen-bond donors (Lipinski definition) is 0. The molecular formula is C9H8ClNO2S2. The summed E-state index contributed by atoms with van der Waals surface area (Å²) < 4.78 is 22.9. The zero-order valence-corrected chi connectivity index (χ0v) is 10.3. The third-order valence-corrected chi connectivity index (χ3v) is 3.98. The third kappa shape index (κ3) is 2.48. The average Bonchev–Trinajstić information content (AvgIpc) is 2.43. The number of aromatic nitrogens is 1. The van der Waals surface area contributed by atoms with Gasteiger partial charge < -0.3 is 0 Å². The number of rotatable bonds is 2. The van der Waals surface area contributed by atoms with Crippen LogP contribution in [0, 0.1) is 6.92 Å². The molecule has 0 atom stereocenters. The smallest absolute Gasteiger partial charge is 0.236 e. The Kier molecular flexibility index (Phi) is 2.70. The Morgan fingerprint density at radius 1 is 1.47 bits per heavy atom. The normalized spacial score (nSPS) is 12.1. The summed E-state index contributed by atoms with van der Waals surface area (Å²) in [6.45, 7) is 1.89. The Hall–Kier alpha value is -0.650. The molecule has 0 N–H and O–H groups in total. The lowest BCUT2D eigenvalue weighted by atomic mass is 10.2. The number of nitrogens with zero attached hydrogens (tertiary/aromatic N) is 1. The van der Waals surface area contributed by atoms with Gasteiger partial charge in [-0.2, -0.15) is 0 Å². The number of hydrogen-bond acceptors (Lipinski definition) is 4. The molecule has 1 aromatic carbocycles. The molecule has 0 saturated carbocycles. The van der Waals surface area contributed by atoms with Crippen LogP contribution in [0.2, 0.25) is 0 Å². The fraction of sp³-hybridized carbons (Fsp3) is 0.222. The van der Waals surface area contributed by atoms with Gasteiger partial charge in [-0.25, -0.2) is 13.4 Å². The van der Waals surface area contributed by atoms with Gasteiger partial charge in [0.1, 0.15) is 0 Å². The van der Waals surface area contributed by atoms with Gasteiger partial charge in [-0.3, -0.25) is 0 Å². The molecule has 2 rings (SSSR count). The molecule has 0 aliphatic heterocycles. The molecule has 0 radical (unpaired) electrons. The molecule has 0 saturated heterocycles. The molecule has 0 aliphatic rings. The molecule has 0 fully saturated rings. The highest BCUT2D eigenvalue weighted by Gasteiger charge is 2.12. The molecule has 2 aromatic rings.